The Kier molecular flexibility index (Phi) is 7.48. The summed E-state index contributed by atoms with van der Waals surface area (Å²) in [6, 6.07) is 19.8. The van der Waals surface area contributed by atoms with Gasteiger partial charge < -0.3 is 14.3 Å². The average Bonchev–Trinajstić information content (AvgIpc) is 3.61. The van der Waals surface area contributed by atoms with Crippen LogP contribution in [-0.4, -0.2) is 24.2 Å². The summed E-state index contributed by atoms with van der Waals surface area (Å²) in [6.07, 6.45) is 1.52. The lowest BCUT2D eigenvalue weighted by molar-refractivity contribution is -0.134. The summed E-state index contributed by atoms with van der Waals surface area (Å²) in [5.41, 5.74) is 0.525. The van der Waals surface area contributed by atoms with Crippen LogP contribution in [0.5, 0.6) is 0 Å². The van der Waals surface area contributed by atoms with Crippen LogP contribution in [0.15, 0.2) is 105 Å². The molecule has 0 fully saturated rings. The largest absolute Gasteiger partial charge is 0.467 e. The van der Waals surface area contributed by atoms with E-state index in [-0.39, 0.29) is 28.6 Å². The molecule has 0 bridgehead atoms. The Hall–Kier alpha value is -3.70. The molecular weight excluding hydrogens is 546 g/mol. The lowest BCUT2D eigenvalue weighted by Crippen LogP contribution is -2.42. The second-order valence-electron chi connectivity index (χ2n) is 8.50. The highest BCUT2D eigenvalue weighted by Crippen LogP contribution is 2.29. The van der Waals surface area contributed by atoms with E-state index in [0.717, 1.165) is 4.88 Å². The zero-order valence-electron chi connectivity index (χ0n) is 19.8. The number of furan rings is 1. The lowest BCUT2D eigenvalue weighted by atomic mass is 10.1. The topological polar surface area (TPSA) is 112 Å². The predicted octanol–water partition coefficient (Wildman–Crippen LogP) is 5.08. The van der Waals surface area contributed by atoms with Gasteiger partial charge >= 0.3 is 0 Å². The molecule has 1 amide bonds. The minimum Gasteiger partial charge on any atom is -0.467 e. The quantitative estimate of drug-likeness (QED) is 0.258. The molecule has 0 spiro atoms. The van der Waals surface area contributed by atoms with Gasteiger partial charge in [-0.3, -0.25) is 9.59 Å². The number of sulfonamides is 1. The zero-order valence-corrected chi connectivity index (χ0v) is 22.2. The number of carbonyl (C=O) groups is 1. The molecule has 38 heavy (non-hydrogen) atoms. The number of rotatable bonds is 9. The summed E-state index contributed by atoms with van der Waals surface area (Å²) in [4.78, 5) is 30.8. The molecule has 8 nitrogen and oxygen atoms in total. The van der Waals surface area contributed by atoms with Crippen molar-refractivity contribution in [2.45, 2.75) is 24.0 Å². The van der Waals surface area contributed by atoms with Gasteiger partial charge in [-0.15, -0.1) is 11.3 Å². The van der Waals surface area contributed by atoms with Crippen molar-refractivity contribution in [3.8, 4) is 0 Å². The summed E-state index contributed by atoms with van der Waals surface area (Å²) in [6.45, 7) is 0.388. The molecule has 1 atom stereocenters. The van der Waals surface area contributed by atoms with E-state index in [9.17, 15) is 18.0 Å². The smallest absolute Gasteiger partial charge is 0.248 e. The van der Waals surface area contributed by atoms with Crippen LogP contribution in [0.2, 0.25) is 5.02 Å². The third-order valence-corrected chi connectivity index (χ3v) is 8.53. The van der Waals surface area contributed by atoms with E-state index >= 15 is 0 Å². The van der Waals surface area contributed by atoms with E-state index in [1.54, 1.807) is 36.4 Å². The van der Waals surface area contributed by atoms with Crippen molar-refractivity contribution in [3.05, 3.63) is 122 Å². The normalized spacial score (nSPS) is 12.4. The third-order valence-electron chi connectivity index (χ3n) is 5.91. The molecule has 3 heterocycles. The molecule has 0 aliphatic heterocycles. The van der Waals surface area contributed by atoms with Gasteiger partial charge in [0.25, 0.3) is 0 Å². The first kappa shape index (κ1) is 25.9. The SMILES string of the molecule is O=C(C(NS(=O)(=O)c1ccc2[nH]c(=O)ccc2c1)c1ccccc1Cl)N(Cc1ccco1)Cc1cccs1. The Labute approximate surface area is 227 Å². The molecule has 11 heteroatoms. The molecule has 5 rings (SSSR count). The minimum atomic E-state index is -4.20. The molecule has 1 unspecified atom stereocenters. The van der Waals surface area contributed by atoms with Crippen molar-refractivity contribution in [2.75, 3.05) is 0 Å². The van der Waals surface area contributed by atoms with Crippen molar-refractivity contribution < 1.29 is 17.6 Å². The molecular formula is C27H22ClN3O5S2. The number of H-pyrrole nitrogens is 1. The Morgan fingerprint density at radius 1 is 1.03 bits per heavy atom. The first-order valence-corrected chi connectivity index (χ1v) is 14.3. The Morgan fingerprint density at radius 2 is 1.87 bits per heavy atom. The molecule has 0 aliphatic rings. The molecule has 2 N–H and O–H groups in total. The molecule has 0 radical (unpaired) electrons. The maximum absolute atomic E-state index is 14.1. The molecule has 3 aromatic heterocycles. The van der Waals surface area contributed by atoms with Crippen molar-refractivity contribution in [1.82, 2.24) is 14.6 Å². The highest BCUT2D eigenvalue weighted by Gasteiger charge is 2.33. The van der Waals surface area contributed by atoms with Crippen LogP contribution in [0.3, 0.4) is 0 Å². The second-order valence-corrected chi connectivity index (χ2v) is 11.7. The summed E-state index contributed by atoms with van der Waals surface area (Å²) >= 11 is 7.95. The number of hydrogen-bond acceptors (Lipinski definition) is 6. The Balaban J connectivity index is 1.53. The number of carbonyl (C=O) groups excluding carboxylic acids is 1. The Bertz CT molecular complexity index is 1700. The van der Waals surface area contributed by atoms with Crippen LogP contribution in [0.25, 0.3) is 10.9 Å². The maximum Gasteiger partial charge on any atom is 0.248 e. The second kappa shape index (κ2) is 11.0. The van der Waals surface area contributed by atoms with E-state index < -0.39 is 22.0 Å². The molecule has 194 valence electrons. The van der Waals surface area contributed by atoms with Gasteiger partial charge in [-0.05, 0) is 64.9 Å². The first-order valence-electron chi connectivity index (χ1n) is 11.5. The number of hydrogen-bond donors (Lipinski definition) is 2. The van der Waals surface area contributed by atoms with Crippen molar-refractivity contribution >= 4 is 49.8 Å². The van der Waals surface area contributed by atoms with Gasteiger partial charge in [0.05, 0.1) is 24.2 Å². The number of benzene rings is 2. The average molecular weight is 568 g/mol. The number of nitrogens with zero attached hydrogens (tertiary/aromatic N) is 1. The van der Waals surface area contributed by atoms with E-state index in [1.807, 2.05) is 17.5 Å². The number of nitrogens with one attached hydrogen (secondary N) is 2. The molecule has 0 saturated heterocycles. The highest BCUT2D eigenvalue weighted by atomic mass is 35.5. The number of pyridine rings is 1. The van der Waals surface area contributed by atoms with Gasteiger partial charge in [-0.1, -0.05) is 35.9 Å². The van der Waals surface area contributed by atoms with Crippen LogP contribution in [0.4, 0.5) is 0 Å². The van der Waals surface area contributed by atoms with Crippen LogP contribution < -0.4 is 10.3 Å². The number of amides is 1. The minimum absolute atomic E-state index is 0.0576. The summed E-state index contributed by atoms with van der Waals surface area (Å²) < 4.78 is 35.2. The van der Waals surface area contributed by atoms with Gasteiger partial charge in [0.1, 0.15) is 11.8 Å². The van der Waals surface area contributed by atoms with Gasteiger partial charge in [0.15, 0.2) is 0 Å². The first-order chi connectivity index (χ1) is 18.3. The predicted molar refractivity (Wildman–Crippen MR) is 146 cm³/mol. The summed E-state index contributed by atoms with van der Waals surface area (Å²) in [5, 5.41) is 2.69. The fourth-order valence-electron chi connectivity index (χ4n) is 4.05. The number of aromatic amines is 1. The van der Waals surface area contributed by atoms with E-state index in [0.29, 0.717) is 22.2 Å². The van der Waals surface area contributed by atoms with E-state index in [1.165, 1.54) is 52.8 Å². The monoisotopic (exact) mass is 567 g/mol. The maximum atomic E-state index is 14.1. The molecule has 5 aromatic rings. The number of halogens is 1. The van der Waals surface area contributed by atoms with Crippen molar-refractivity contribution in [2.24, 2.45) is 0 Å². The zero-order chi connectivity index (χ0) is 26.7. The lowest BCUT2D eigenvalue weighted by Gasteiger charge is -2.28. The molecule has 0 aliphatic carbocycles. The van der Waals surface area contributed by atoms with Gasteiger partial charge in [0.2, 0.25) is 21.5 Å². The van der Waals surface area contributed by atoms with Crippen molar-refractivity contribution in [3.63, 3.8) is 0 Å². The van der Waals surface area contributed by atoms with Crippen LogP contribution in [0.1, 0.15) is 22.2 Å². The van der Waals surface area contributed by atoms with Gasteiger partial charge in [-0.25, -0.2) is 8.42 Å². The van der Waals surface area contributed by atoms with Crippen molar-refractivity contribution in [1.29, 1.82) is 0 Å². The van der Waals surface area contributed by atoms with Crippen LogP contribution in [0, 0.1) is 0 Å². The fourth-order valence-corrected chi connectivity index (χ4v) is 6.22. The van der Waals surface area contributed by atoms with Crippen LogP contribution in [-0.2, 0) is 27.9 Å². The number of thiophene rings is 1. The van der Waals surface area contributed by atoms with E-state index in [2.05, 4.69) is 9.71 Å². The third kappa shape index (κ3) is 5.73. The highest BCUT2D eigenvalue weighted by molar-refractivity contribution is 7.89. The standard InChI is InChI=1S/C27H22ClN3O5S2/c28-23-8-2-1-7-22(23)26(27(33)31(16-19-5-3-13-36-19)17-20-6-4-14-37-20)30-38(34,35)21-10-11-24-18(15-21)9-12-25(32)29-24/h1-15,26,30H,16-17H2,(H,29,32). The molecule has 2 aromatic carbocycles. The summed E-state index contributed by atoms with van der Waals surface area (Å²) in [7, 11) is -4.20. The van der Waals surface area contributed by atoms with Gasteiger partial charge in [0, 0.05) is 21.5 Å². The fraction of sp³-hybridized carbons (Fsp3) is 0.111. The van der Waals surface area contributed by atoms with Gasteiger partial charge in [-0.2, -0.15) is 4.72 Å². The summed E-state index contributed by atoms with van der Waals surface area (Å²) in [5.74, 6) is 0.0655. The number of aromatic nitrogens is 1. The number of fused-ring (bicyclic) bond motifs is 1. The van der Waals surface area contributed by atoms with E-state index in [4.69, 9.17) is 16.0 Å². The Morgan fingerprint density at radius 3 is 2.61 bits per heavy atom. The molecule has 0 saturated carbocycles. The van der Waals surface area contributed by atoms with Crippen LogP contribution >= 0.6 is 22.9 Å².